The number of aryl methyl sites for hydroxylation is 1. The summed E-state index contributed by atoms with van der Waals surface area (Å²) in [7, 11) is 1.36. The zero-order chi connectivity index (χ0) is 20.8. The summed E-state index contributed by atoms with van der Waals surface area (Å²) in [5.74, 6) is -0.587. The number of anilines is 1. The van der Waals surface area contributed by atoms with E-state index in [9.17, 15) is 9.59 Å². The molecule has 3 rings (SSSR count). The van der Waals surface area contributed by atoms with Crippen LogP contribution in [-0.2, 0) is 16.0 Å². The van der Waals surface area contributed by atoms with Gasteiger partial charge in [-0.05, 0) is 31.0 Å². The molecule has 1 atom stereocenters. The fraction of sp³-hybridized carbons (Fsp3) is 0.227. The van der Waals surface area contributed by atoms with E-state index in [2.05, 4.69) is 29.4 Å². The first-order valence-corrected chi connectivity index (χ1v) is 11.0. The van der Waals surface area contributed by atoms with Gasteiger partial charge in [0.1, 0.15) is 5.25 Å². The molecule has 0 fully saturated rings. The molecular weight excluding hydrogens is 404 g/mol. The van der Waals surface area contributed by atoms with Crippen LogP contribution in [0, 0.1) is 0 Å². The van der Waals surface area contributed by atoms with E-state index in [4.69, 9.17) is 4.74 Å². The highest BCUT2D eigenvalue weighted by atomic mass is 32.2. The van der Waals surface area contributed by atoms with Crippen LogP contribution in [-0.4, -0.2) is 29.2 Å². The van der Waals surface area contributed by atoms with E-state index >= 15 is 0 Å². The second-order valence-electron chi connectivity index (χ2n) is 6.32. The molecule has 1 heterocycles. The molecule has 0 spiro atoms. The van der Waals surface area contributed by atoms with Gasteiger partial charge in [0.2, 0.25) is 0 Å². The Kier molecular flexibility index (Phi) is 7.06. The highest BCUT2D eigenvalue weighted by Gasteiger charge is 2.19. The van der Waals surface area contributed by atoms with Gasteiger partial charge in [-0.2, -0.15) is 0 Å². The third-order valence-electron chi connectivity index (χ3n) is 4.35. The van der Waals surface area contributed by atoms with Crippen LogP contribution in [0.1, 0.15) is 29.8 Å². The van der Waals surface area contributed by atoms with Crippen molar-refractivity contribution < 1.29 is 14.3 Å². The number of carbonyl (C=O) groups is 2. The molecule has 1 unspecified atom stereocenters. The molecule has 1 N–H and O–H groups in total. The van der Waals surface area contributed by atoms with Gasteiger partial charge in [-0.3, -0.25) is 14.9 Å². The molecule has 150 valence electrons. The second-order valence-corrected chi connectivity index (χ2v) is 8.56. The lowest BCUT2D eigenvalue weighted by Crippen LogP contribution is -2.17. The molecule has 0 bridgehead atoms. The number of methoxy groups -OCH3 is 1. The smallest absolute Gasteiger partial charge is 0.318 e. The molecule has 1 aromatic heterocycles. The molecule has 0 aliphatic heterocycles. The number of benzene rings is 2. The summed E-state index contributed by atoms with van der Waals surface area (Å²) in [4.78, 5) is 29.8. The van der Waals surface area contributed by atoms with Crippen LogP contribution in [0.15, 0.2) is 58.8 Å². The standard InChI is InChI=1S/C22H22N2O3S2/c1-4-15-9-11-16(12-10-15)18-13-28-22(23-18)24-20(25)17-7-5-6-8-19(17)29-14(2)21(26)27-3/h5-14H,4H2,1-3H3,(H,23,24,25). The minimum absolute atomic E-state index is 0.257. The summed E-state index contributed by atoms with van der Waals surface area (Å²) in [5.41, 5.74) is 3.61. The number of hydrogen-bond donors (Lipinski definition) is 1. The molecule has 0 radical (unpaired) electrons. The normalized spacial score (nSPS) is 11.7. The van der Waals surface area contributed by atoms with E-state index in [1.165, 1.54) is 35.8 Å². The number of aromatic nitrogens is 1. The van der Waals surface area contributed by atoms with Crippen molar-refractivity contribution in [1.82, 2.24) is 4.98 Å². The topological polar surface area (TPSA) is 68.3 Å². The molecule has 0 aliphatic rings. The highest BCUT2D eigenvalue weighted by molar-refractivity contribution is 8.00. The van der Waals surface area contributed by atoms with Crippen LogP contribution in [0.5, 0.6) is 0 Å². The van der Waals surface area contributed by atoms with Gasteiger partial charge in [0, 0.05) is 15.8 Å². The van der Waals surface area contributed by atoms with E-state index in [-0.39, 0.29) is 11.9 Å². The number of nitrogens with one attached hydrogen (secondary N) is 1. The number of esters is 1. The molecule has 3 aromatic rings. The summed E-state index contributed by atoms with van der Waals surface area (Å²) in [6.45, 7) is 3.87. The summed E-state index contributed by atoms with van der Waals surface area (Å²) in [5, 5.41) is 4.92. The fourth-order valence-corrected chi connectivity index (χ4v) is 4.43. The number of nitrogens with zero attached hydrogens (tertiary/aromatic N) is 1. The molecule has 0 saturated carbocycles. The van der Waals surface area contributed by atoms with Gasteiger partial charge >= 0.3 is 5.97 Å². The first kappa shape index (κ1) is 21.1. The molecular formula is C22H22N2O3S2. The van der Waals surface area contributed by atoms with Crippen LogP contribution in [0.4, 0.5) is 5.13 Å². The van der Waals surface area contributed by atoms with Crippen molar-refractivity contribution in [1.29, 1.82) is 0 Å². The molecule has 2 aromatic carbocycles. The average Bonchev–Trinajstić information content (AvgIpc) is 3.21. The highest BCUT2D eigenvalue weighted by Crippen LogP contribution is 2.29. The maximum atomic E-state index is 12.8. The van der Waals surface area contributed by atoms with Crippen molar-refractivity contribution in [3.8, 4) is 11.3 Å². The number of amides is 1. The second kappa shape index (κ2) is 9.71. The Balaban J connectivity index is 1.74. The molecule has 1 amide bonds. The monoisotopic (exact) mass is 426 g/mol. The third-order valence-corrected chi connectivity index (χ3v) is 6.26. The molecule has 7 heteroatoms. The first-order chi connectivity index (χ1) is 14.0. The molecule has 5 nitrogen and oxygen atoms in total. The van der Waals surface area contributed by atoms with E-state index in [1.807, 2.05) is 29.6 Å². The summed E-state index contributed by atoms with van der Waals surface area (Å²) >= 11 is 2.68. The minimum atomic E-state index is -0.411. The van der Waals surface area contributed by atoms with Gasteiger partial charge < -0.3 is 4.74 Å². The Hall–Kier alpha value is -2.64. The summed E-state index contributed by atoms with van der Waals surface area (Å²) in [6, 6.07) is 15.4. The maximum absolute atomic E-state index is 12.8. The minimum Gasteiger partial charge on any atom is -0.468 e. The predicted molar refractivity (Wildman–Crippen MR) is 119 cm³/mol. The van der Waals surface area contributed by atoms with Crippen molar-refractivity contribution in [2.75, 3.05) is 12.4 Å². The van der Waals surface area contributed by atoms with Gasteiger partial charge in [0.25, 0.3) is 5.91 Å². The van der Waals surface area contributed by atoms with Crippen LogP contribution in [0.3, 0.4) is 0 Å². The van der Waals surface area contributed by atoms with E-state index in [0.29, 0.717) is 10.7 Å². The lowest BCUT2D eigenvalue weighted by molar-refractivity contribution is -0.139. The fourth-order valence-electron chi connectivity index (χ4n) is 2.70. The van der Waals surface area contributed by atoms with Gasteiger partial charge in [0.05, 0.1) is 18.4 Å². The average molecular weight is 427 g/mol. The van der Waals surface area contributed by atoms with Crippen LogP contribution < -0.4 is 5.32 Å². The number of carbonyl (C=O) groups excluding carboxylic acids is 2. The predicted octanol–water partition coefficient (Wildman–Crippen LogP) is 5.28. The summed E-state index contributed by atoms with van der Waals surface area (Å²) in [6.07, 6.45) is 0.991. The van der Waals surface area contributed by atoms with Crippen molar-refractivity contribution in [2.45, 2.75) is 30.4 Å². The van der Waals surface area contributed by atoms with Crippen LogP contribution >= 0.6 is 23.1 Å². The lowest BCUT2D eigenvalue weighted by atomic mass is 10.1. The molecule has 29 heavy (non-hydrogen) atoms. The molecule has 0 aliphatic carbocycles. The van der Waals surface area contributed by atoms with Gasteiger partial charge in [0.15, 0.2) is 5.13 Å². The number of thiazole rings is 1. The van der Waals surface area contributed by atoms with Crippen molar-refractivity contribution >= 4 is 40.1 Å². The quantitative estimate of drug-likeness (QED) is 0.411. The largest absolute Gasteiger partial charge is 0.468 e. The SMILES string of the molecule is CCc1ccc(-c2csc(NC(=O)c3ccccc3SC(C)C(=O)OC)n2)cc1. The van der Waals surface area contributed by atoms with Gasteiger partial charge in [-0.25, -0.2) is 4.98 Å². The van der Waals surface area contributed by atoms with Crippen molar-refractivity contribution in [3.63, 3.8) is 0 Å². The molecule has 0 saturated heterocycles. The Bertz CT molecular complexity index is 999. The Morgan fingerprint density at radius 1 is 1.17 bits per heavy atom. The maximum Gasteiger partial charge on any atom is 0.318 e. The number of rotatable bonds is 7. The van der Waals surface area contributed by atoms with Gasteiger partial charge in [-0.1, -0.05) is 43.3 Å². The van der Waals surface area contributed by atoms with Crippen molar-refractivity contribution in [2.24, 2.45) is 0 Å². The zero-order valence-electron chi connectivity index (χ0n) is 16.5. The summed E-state index contributed by atoms with van der Waals surface area (Å²) < 4.78 is 4.77. The Morgan fingerprint density at radius 2 is 1.90 bits per heavy atom. The third kappa shape index (κ3) is 5.25. The van der Waals surface area contributed by atoms with E-state index < -0.39 is 5.25 Å². The number of ether oxygens (including phenoxy) is 1. The number of thioether (sulfide) groups is 1. The van der Waals surface area contributed by atoms with Crippen LogP contribution in [0.25, 0.3) is 11.3 Å². The number of hydrogen-bond acceptors (Lipinski definition) is 6. The van der Waals surface area contributed by atoms with Crippen LogP contribution in [0.2, 0.25) is 0 Å². The van der Waals surface area contributed by atoms with Gasteiger partial charge in [-0.15, -0.1) is 23.1 Å². The van der Waals surface area contributed by atoms with E-state index in [1.54, 1.807) is 19.1 Å². The Labute approximate surface area is 178 Å². The van der Waals surface area contributed by atoms with E-state index in [0.717, 1.165) is 22.6 Å². The zero-order valence-corrected chi connectivity index (χ0v) is 18.1. The Morgan fingerprint density at radius 3 is 2.59 bits per heavy atom. The first-order valence-electron chi connectivity index (χ1n) is 9.21. The van der Waals surface area contributed by atoms with Crippen molar-refractivity contribution in [3.05, 3.63) is 65.0 Å². The lowest BCUT2D eigenvalue weighted by Gasteiger charge is -2.12.